The summed E-state index contributed by atoms with van der Waals surface area (Å²) < 4.78 is 29.3. The van der Waals surface area contributed by atoms with E-state index in [0.717, 1.165) is 6.26 Å². The van der Waals surface area contributed by atoms with E-state index in [2.05, 4.69) is 4.18 Å². The Balaban J connectivity index is 0. The Morgan fingerprint density at radius 1 is 1.62 bits per heavy atom. The zero-order chi connectivity index (χ0) is 5.91. The summed E-state index contributed by atoms with van der Waals surface area (Å²) in [6.07, 6.45) is 0.770. The zero-order valence-electron chi connectivity index (χ0n) is 3.33. The van der Waals surface area contributed by atoms with Gasteiger partial charge in [-0.05, 0) is 0 Å². The quantitative estimate of drug-likeness (QED) is 0.365. The second-order valence-electron chi connectivity index (χ2n) is 0.602. The Bertz CT molecular complexity index is 177. The Morgan fingerprint density at radius 3 is 2.00 bits per heavy atom. The average molecular weight is 231 g/mol. The fourth-order valence-corrected chi connectivity index (χ4v) is 0.141. The summed E-state index contributed by atoms with van der Waals surface area (Å²) in [4.78, 5) is 0. The van der Waals surface area contributed by atoms with Gasteiger partial charge in [-0.2, -0.15) is 8.42 Å². The van der Waals surface area contributed by atoms with E-state index < -0.39 is 10.4 Å². The van der Waals surface area contributed by atoms with E-state index >= 15 is 0 Å². The van der Waals surface area contributed by atoms with Gasteiger partial charge in [-0.15, -0.1) is 5.26 Å². The second kappa shape index (κ2) is 3.88. The largest absolute Gasteiger partial charge is 0.456 e. The molecule has 0 aliphatic rings. The summed E-state index contributed by atoms with van der Waals surface area (Å²) in [6.45, 7) is 0. The van der Waals surface area contributed by atoms with Gasteiger partial charge in [0.05, 0.1) is 0 Å². The van der Waals surface area contributed by atoms with Crippen LogP contribution in [-0.2, 0) is 37.0 Å². The van der Waals surface area contributed by atoms with Crippen LogP contribution in [0, 0.1) is 11.5 Å². The fourth-order valence-electron chi connectivity index (χ4n) is 0.0471. The fraction of sp³-hybridized carbons (Fsp3) is 0. The van der Waals surface area contributed by atoms with E-state index in [9.17, 15) is 8.42 Å². The normalized spacial score (nSPS) is 8.50. The Morgan fingerprint density at radius 2 is 2.00 bits per heavy atom. The molecule has 0 aromatic rings. The van der Waals surface area contributed by atoms with E-state index in [1.54, 1.807) is 0 Å². The molecule has 0 heterocycles. The summed E-state index contributed by atoms with van der Waals surface area (Å²) in [5.74, 6) is 0. The molecule has 0 saturated carbocycles. The zero-order valence-corrected chi connectivity index (χ0v) is 5.63. The van der Waals surface area contributed by atoms with Crippen LogP contribution in [0.25, 0.3) is 0 Å². The minimum Gasteiger partial charge on any atom is -0.281 e. The van der Waals surface area contributed by atoms with Gasteiger partial charge in [0.1, 0.15) is 0 Å². The van der Waals surface area contributed by atoms with Crippen LogP contribution in [0.15, 0.2) is 0 Å². The Hall–Kier alpha value is -0.0597. The van der Waals surface area contributed by atoms with Gasteiger partial charge < -0.3 is 0 Å². The van der Waals surface area contributed by atoms with Crippen LogP contribution in [0.2, 0.25) is 0 Å². The van der Waals surface area contributed by atoms with Gasteiger partial charge in [0, 0.05) is 22.4 Å². The molecular formula is CHAgNO4S. The van der Waals surface area contributed by atoms with Gasteiger partial charge >= 0.3 is 16.7 Å². The number of nitrogens with zero attached hydrogens (tertiary/aromatic N) is 1. The Labute approximate surface area is 61.7 Å². The molecule has 0 atom stereocenters. The van der Waals surface area contributed by atoms with Crippen LogP contribution < -0.4 is 0 Å². The summed E-state index contributed by atoms with van der Waals surface area (Å²) >= 11 is 0. The van der Waals surface area contributed by atoms with Crippen LogP contribution >= 0.6 is 0 Å². The number of hydrogen-bond donors (Lipinski definition) is 1. The van der Waals surface area contributed by atoms with Crippen molar-refractivity contribution < 1.29 is 39.5 Å². The van der Waals surface area contributed by atoms with E-state index in [1.807, 2.05) is 0 Å². The second-order valence-corrected chi connectivity index (χ2v) is 1.62. The van der Waals surface area contributed by atoms with Crippen molar-refractivity contribution in [2.75, 3.05) is 0 Å². The van der Waals surface area contributed by atoms with Crippen molar-refractivity contribution in [2.24, 2.45) is 0 Å². The average Bonchev–Trinajstić information content (AvgIpc) is 1.30. The maximum absolute atomic E-state index is 9.34. The standard InChI is InChI=1S/CHNO4S.Ag/c2-1-6-7(3,4)5;/h(H,3,4,5);. The monoisotopic (exact) mass is 230 g/mol. The van der Waals surface area contributed by atoms with Gasteiger partial charge in [-0.1, -0.05) is 0 Å². The first kappa shape index (κ1) is 10.8. The molecule has 0 aromatic carbocycles. The van der Waals surface area contributed by atoms with E-state index in [0.29, 0.717) is 0 Å². The molecule has 1 N–H and O–H groups in total. The van der Waals surface area contributed by atoms with Crippen molar-refractivity contribution in [3.63, 3.8) is 0 Å². The maximum atomic E-state index is 9.34. The van der Waals surface area contributed by atoms with Gasteiger partial charge in [0.15, 0.2) is 0 Å². The first-order valence-corrected chi connectivity index (χ1v) is 2.48. The predicted molar refractivity (Wildman–Crippen MR) is 18.2 cm³/mol. The molecule has 0 rings (SSSR count). The third kappa shape index (κ3) is 9.34. The third-order valence-electron chi connectivity index (χ3n) is 0.143. The van der Waals surface area contributed by atoms with Gasteiger partial charge in [-0.3, -0.25) is 8.74 Å². The van der Waals surface area contributed by atoms with E-state index in [1.165, 1.54) is 0 Å². The van der Waals surface area contributed by atoms with Crippen LogP contribution in [0.5, 0.6) is 0 Å². The molecule has 0 aliphatic heterocycles. The summed E-state index contributed by atoms with van der Waals surface area (Å²) in [5, 5.41) is 7.39. The molecule has 7 heteroatoms. The smallest absolute Gasteiger partial charge is 0.281 e. The molecule has 0 unspecified atom stereocenters. The minimum absolute atomic E-state index is 0. The van der Waals surface area contributed by atoms with Crippen molar-refractivity contribution in [2.45, 2.75) is 0 Å². The van der Waals surface area contributed by atoms with E-state index in [4.69, 9.17) is 9.81 Å². The van der Waals surface area contributed by atoms with Gasteiger partial charge in [0.2, 0.25) is 0 Å². The molecule has 0 aliphatic carbocycles. The molecule has 5 nitrogen and oxygen atoms in total. The molecule has 0 fully saturated rings. The van der Waals surface area contributed by atoms with Crippen LogP contribution in [-0.4, -0.2) is 13.0 Å². The molecule has 0 amide bonds. The number of hydrogen-bond acceptors (Lipinski definition) is 4. The van der Waals surface area contributed by atoms with E-state index in [-0.39, 0.29) is 22.4 Å². The number of rotatable bonds is 1. The maximum Gasteiger partial charge on any atom is 0.456 e. The SMILES string of the molecule is N#COS(=O)(=O)O.[Ag]. The molecule has 0 bridgehead atoms. The molecular weight excluding hydrogens is 230 g/mol. The van der Waals surface area contributed by atoms with Crippen molar-refractivity contribution in [1.29, 1.82) is 5.26 Å². The third-order valence-corrected chi connectivity index (χ3v) is 0.428. The van der Waals surface area contributed by atoms with Crippen molar-refractivity contribution >= 4 is 10.4 Å². The summed E-state index contributed by atoms with van der Waals surface area (Å²) in [7, 11) is -4.54. The molecule has 0 aromatic heterocycles. The van der Waals surface area contributed by atoms with Gasteiger partial charge in [0.25, 0.3) is 0 Å². The van der Waals surface area contributed by atoms with Crippen molar-refractivity contribution in [3.05, 3.63) is 0 Å². The minimum atomic E-state index is -4.54. The van der Waals surface area contributed by atoms with Crippen molar-refractivity contribution in [1.82, 2.24) is 0 Å². The molecule has 8 heavy (non-hydrogen) atoms. The number of nitriles is 1. The van der Waals surface area contributed by atoms with Gasteiger partial charge in [-0.25, -0.2) is 0 Å². The van der Waals surface area contributed by atoms with Crippen molar-refractivity contribution in [3.8, 4) is 6.26 Å². The first-order chi connectivity index (χ1) is 3.06. The predicted octanol–water partition coefficient (Wildman–Crippen LogP) is -0.716. The molecule has 1 radical (unpaired) electrons. The summed E-state index contributed by atoms with van der Waals surface area (Å²) in [6, 6.07) is 0. The molecule has 0 saturated heterocycles. The summed E-state index contributed by atoms with van der Waals surface area (Å²) in [5.41, 5.74) is 0. The van der Waals surface area contributed by atoms with Crippen LogP contribution in [0.4, 0.5) is 0 Å². The topological polar surface area (TPSA) is 87.4 Å². The van der Waals surface area contributed by atoms with Crippen LogP contribution in [0.1, 0.15) is 0 Å². The first-order valence-electron chi connectivity index (χ1n) is 1.11. The molecule has 0 spiro atoms. The molecule has 51 valence electrons. The van der Waals surface area contributed by atoms with Crippen LogP contribution in [0.3, 0.4) is 0 Å². The Kier molecular flexibility index (Phi) is 5.26.